The van der Waals surface area contributed by atoms with Crippen molar-refractivity contribution in [3.05, 3.63) is 34.6 Å². The summed E-state index contributed by atoms with van der Waals surface area (Å²) >= 11 is 5.75. The second kappa shape index (κ2) is 4.72. The van der Waals surface area contributed by atoms with Crippen LogP contribution >= 0.6 is 11.6 Å². The smallest absolute Gasteiger partial charge is 0.141 e. The summed E-state index contributed by atoms with van der Waals surface area (Å²) in [6, 6.07) is 4.83. The molecule has 0 atom stereocenters. The summed E-state index contributed by atoms with van der Waals surface area (Å²) in [7, 11) is 0. The third-order valence-corrected chi connectivity index (χ3v) is 3.85. The topological polar surface area (TPSA) is 20.2 Å². The monoisotopic (exact) mass is 242 g/mol. The number of aliphatic hydroxyl groups excluding tert-OH is 1. The van der Waals surface area contributed by atoms with Gasteiger partial charge in [-0.05, 0) is 42.4 Å². The fraction of sp³-hybridized carbons (Fsp3) is 0.538. The zero-order valence-electron chi connectivity index (χ0n) is 9.18. The molecule has 0 radical (unpaired) electrons. The quantitative estimate of drug-likeness (QED) is 0.859. The van der Waals surface area contributed by atoms with Crippen LogP contribution in [0.1, 0.15) is 31.2 Å². The number of aliphatic hydroxyl groups is 1. The van der Waals surface area contributed by atoms with Crippen LogP contribution in [0.25, 0.3) is 0 Å². The van der Waals surface area contributed by atoms with Crippen LogP contribution in [0.3, 0.4) is 0 Å². The lowest BCUT2D eigenvalue weighted by atomic mass is 9.81. The molecule has 2 rings (SSSR count). The number of rotatable bonds is 3. The fourth-order valence-electron chi connectivity index (χ4n) is 2.60. The van der Waals surface area contributed by atoms with Crippen molar-refractivity contribution >= 4 is 11.6 Å². The van der Waals surface area contributed by atoms with Crippen molar-refractivity contribution in [3.8, 4) is 0 Å². The Balaban J connectivity index is 2.16. The van der Waals surface area contributed by atoms with Gasteiger partial charge >= 0.3 is 0 Å². The first-order valence-electron chi connectivity index (χ1n) is 5.70. The van der Waals surface area contributed by atoms with Crippen molar-refractivity contribution in [2.45, 2.75) is 32.1 Å². The molecule has 1 aliphatic carbocycles. The van der Waals surface area contributed by atoms with Crippen molar-refractivity contribution in [1.82, 2.24) is 0 Å². The zero-order valence-corrected chi connectivity index (χ0v) is 9.93. The highest BCUT2D eigenvalue weighted by Crippen LogP contribution is 2.40. The minimum atomic E-state index is -0.380. The minimum absolute atomic E-state index is 0.00115. The number of benzene rings is 1. The molecule has 3 heteroatoms. The Labute approximate surface area is 100 Å². The average molecular weight is 243 g/mol. The van der Waals surface area contributed by atoms with E-state index in [0.717, 1.165) is 24.8 Å². The van der Waals surface area contributed by atoms with Gasteiger partial charge in [-0.15, -0.1) is 0 Å². The van der Waals surface area contributed by atoms with E-state index in [0.29, 0.717) is 0 Å². The third kappa shape index (κ3) is 2.38. The largest absolute Gasteiger partial charge is 0.396 e. The molecular formula is C13H16ClFO. The van der Waals surface area contributed by atoms with Crippen molar-refractivity contribution in [2.75, 3.05) is 6.61 Å². The highest BCUT2D eigenvalue weighted by molar-refractivity contribution is 6.30. The number of hydrogen-bond donors (Lipinski definition) is 1. The molecule has 0 bridgehead atoms. The van der Waals surface area contributed by atoms with Crippen LogP contribution in [0.5, 0.6) is 0 Å². The Morgan fingerprint density at radius 1 is 1.31 bits per heavy atom. The molecule has 88 valence electrons. The van der Waals surface area contributed by atoms with Gasteiger partial charge in [0.1, 0.15) is 5.82 Å². The highest BCUT2D eigenvalue weighted by atomic mass is 35.5. The molecular weight excluding hydrogens is 227 g/mol. The minimum Gasteiger partial charge on any atom is -0.396 e. The summed E-state index contributed by atoms with van der Waals surface area (Å²) in [4.78, 5) is 0. The first-order valence-corrected chi connectivity index (χ1v) is 6.08. The second-order valence-corrected chi connectivity index (χ2v) is 5.20. The molecule has 0 spiro atoms. The molecule has 1 N–H and O–H groups in total. The van der Waals surface area contributed by atoms with Crippen LogP contribution in [0, 0.1) is 11.2 Å². The van der Waals surface area contributed by atoms with E-state index in [1.165, 1.54) is 18.9 Å². The average Bonchev–Trinajstić information content (AvgIpc) is 2.73. The predicted octanol–water partition coefficient (Wildman–Crippen LogP) is 3.57. The molecule has 1 aliphatic rings. The van der Waals surface area contributed by atoms with Gasteiger partial charge in [0.25, 0.3) is 0 Å². The summed E-state index contributed by atoms with van der Waals surface area (Å²) in [5.74, 6) is -0.380. The lowest BCUT2D eigenvalue weighted by Crippen LogP contribution is -2.24. The standard InChI is InChI=1S/C13H16ClFO/c14-11-7-10(3-4-12(11)15)8-13(9-16)5-1-2-6-13/h3-4,7,16H,1-2,5-6,8-9H2. The van der Waals surface area contributed by atoms with Crippen molar-refractivity contribution in [1.29, 1.82) is 0 Å². The Hall–Kier alpha value is -0.600. The zero-order chi connectivity index (χ0) is 11.6. The van der Waals surface area contributed by atoms with Gasteiger partial charge in [-0.25, -0.2) is 4.39 Å². The van der Waals surface area contributed by atoms with E-state index in [2.05, 4.69) is 0 Å². The molecule has 16 heavy (non-hydrogen) atoms. The molecule has 1 fully saturated rings. The Bertz CT molecular complexity index is 372. The molecule has 1 aromatic carbocycles. The molecule has 0 aromatic heterocycles. The van der Waals surface area contributed by atoms with Crippen LogP contribution in [-0.4, -0.2) is 11.7 Å². The molecule has 0 amide bonds. The first-order chi connectivity index (χ1) is 7.65. The van der Waals surface area contributed by atoms with Gasteiger partial charge in [-0.3, -0.25) is 0 Å². The van der Waals surface area contributed by atoms with Gasteiger partial charge in [-0.2, -0.15) is 0 Å². The van der Waals surface area contributed by atoms with E-state index in [1.54, 1.807) is 12.1 Å². The van der Waals surface area contributed by atoms with Crippen LogP contribution in [0.2, 0.25) is 5.02 Å². The summed E-state index contributed by atoms with van der Waals surface area (Å²) in [6.45, 7) is 0.210. The van der Waals surface area contributed by atoms with Gasteiger partial charge in [0.15, 0.2) is 0 Å². The summed E-state index contributed by atoms with van der Waals surface area (Å²) in [6.07, 6.45) is 5.26. The van der Waals surface area contributed by atoms with Gasteiger partial charge in [0.2, 0.25) is 0 Å². The summed E-state index contributed by atoms with van der Waals surface area (Å²) < 4.78 is 13.0. The van der Waals surface area contributed by atoms with Gasteiger partial charge in [-0.1, -0.05) is 30.5 Å². The normalized spacial score (nSPS) is 18.9. The van der Waals surface area contributed by atoms with Gasteiger partial charge in [0.05, 0.1) is 5.02 Å². The molecule has 1 nitrogen and oxygen atoms in total. The van der Waals surface area contributed by atoms with Crippen molar-refractivity contribution in [3.63, 3.8) is 0 Å². The maximum Gasteiger partial charge on any atom is 0.141 e. The lowest BCUT2D eigenvalue weighted by Gasteiger charge is -2.26. The SMILES string of the molecule is OCC1(Cc2ccc(F)c(Cl)c2)CCCC1. The van der Waals surface area contributed by atoms with Crippen LogP contribution in [-0.2, 0) is 6.42 Å². The molecule has 0 unspecified atom stereocenters. The fourth-order valence-corrected chi connectivity index (χ4v) is 2.80. The van der Waals surface area contributed by atoms with E-state index in [-0.39, 0.29) is 22.9 Å². The molecule has 0 saturated heterocycles. The molecule has 1 aromatic rings. The summed E-state index contributed by atoms with van der Waals surface area (Å²) in [5.41, 5.74) is 1.02. The number of halogens is 2. The highest BCUT2D eigenvalue weighted by Gasteiger charge is 2.33. The van der Waals surface area contributed by atoms with E-state index in [4.69, 9.17) is 11.6 Å². The predicted molar refractivity (Wildman–Crippen MR) is 63.1 cm³/mol. The van der Waals surface area contributed by atoms with Crippen LogP contribution in [0.15, 0.2) is 18.2 Å². The number of hydrogen-bond acceptors (Lipinski definition) is 1. The Kier molecular flexibility index (Phi) is 3.50. The van der Waals surface area contributed by atoms with E-state index < -0.39 is 0 Å². The summed E-state index contributed by atoms with van der Waals surface area (Å²) in [5, 5.41) is 9.66. The van der Waals surface area contributed by atoms with Gasteiger partial charge in [0, 0.05) is 6.61 Å². The maximum absolute atomic E-state index is 13.0. The van der Waals surface area contributed by atoms with E-state index in [9.17, 15) is 9.50 Å². The maximum atomic E-state index is 13.0. The molecule has 0 aliphatic heterocycles. The Morgan fingerprint density at radius 2 is 2.00 bits per heavy atom. The van der Waals surface area contributed by atoms with Crippen molar-refractivity contribution in [2.24, 2.45) is 5.41 Å². The third-order valence-electron chi connectivity index (χ3n) is 3.56. The second-order valence-electron chi connectivity index (χ2n) is 4.79. The van der Waals surface area contributed by atoms with E-state index in [1.807, 2.05) is 0 Å². The van der Waals surface area contributed by atoms with Gasteiger partial charge < -0.3 is 5.11 Å². The van der Waals surface area contributed by atoms with Crippen LogP contribution in [0.4, 0.5) is 4.39 Å². The Morgan fingerprint density at radius 3 is 2.56 bits per heavy atom. The molecule has 1 saturated carbocycles. The first kappa shape index (κ1) is 11.9. The van der Waals surface area contributed by atoms with Crippen molar-refractivity contribution < 1.29 is 9.50 Å². The van der Waals surface area contributed by atoms with Crippen LogP contribution < -0.4 is 0 Å². The lowest BCUT2D eigenvalue weighted by molar-refractivity contribution is 0.130. The molecule has 0 heterocycles. The van der Waals surface area contributed by atoms with E-state index >= 15 is 0 Å².